The fourth-order valence-corrected chi connectivity index (χ4v) is 4.48. The van der Waals surface area contributed by atoms with Crippen LogP contribution in [0.3, 0.4) is 0 Å². The van der Waals surface area contributed by atoms with E-state index in [4.69, 9.17) is 16.3 Å². The molecule has 0 bridgehead atoms. The van der Waals surface area contributed by atoms with Crippen LogP contribution in [0.2, 0.25) is 5.02 Å². The van der Waals surface area contributed by atoms with E-state index in [1.807, 2.05) is 6.92 Å². The van der Waals surface area contributed by atoms with Gasteiger partial charge in [-0.1, -0.05) is 37.4 Å². The lowest BCUT2D eigenvalue weighted by molar-refractivity contribution is -0.137. The van der Waals surface area contributed by atoms with Crippen LogP contribution in [0, 0.1) is 5.82 Å². The summed E-state index contributed by atoms with van der Waals surface area (Å²) in [6, 6.07) is 7.21. The molecule has 1 atom stereocenters. The van der Waals surface area contributed by atoms with Gasteiger partial charge in [0.25, 0.3) is 5.91 Å². The molecule has 3 N–H and O–H groups in total. The molecule has 0 radical (unpaired) electrons. The topological polar surface area (TPSA) is 78.0 Å². The molecule has 1 amide bonds. The zero-order valence-corrected chi connectivity index (χ0v) is 21.6. The number of ether oxygens (including phenoxy) is 1. The molecule has 0 saturated carbocycles. The van der Waals surface area contributed by atoms with Gasteiger partial charge in [-0.05, 0) is 49.6 Å². The minimum Gasteiger partial charge on any atom is -0.381 e. The average Bonchev–Trinajstić information content (AvgIpc) is 3.22. The molecule has 1 saturated heterocycles. The Morgan fingerprint density at radius 1 is 1.18 bits per heavy atom. The van der Waals surface area contributed by atoms with Crippen LogP contribution in [0.1, 0.15) is 66.7 Å². The molecule has 2 aromatic rings. The summed E-state index contributed by atoms with van der Waals surface area (Å²) in [6.07, 6.45) is -1.22. The van der Waals surface area contributed by atoms with E-state index in [9.17, 15) is 22.4 Å². The molecule has 4 rings (SSSR count). The largest absolute Gasteiger partial charge is 0.416 e. The predicted molar refractivity (Wildman–Crippen MR) is 137 cm³/mol. The van der Waals surface area contributed by atoms with Crippen molar-refractivity contribution in [2.45, 2.75) is 57.4 Å². The third-order valence-electron chi connectivity index (χ3n) is 6.44. The van der Waals surface area contributed by atoms with Crippen LogP contribution in [-0.4, -0.2) is 37.7 Å². The molecule has 1 unspecified atom stereocenters. The fraction of sp³-hybridized carbons (Fsp3) is 0.462. The zero-order valence-electron chi connectivity index (χ0n) is 20.9. The molecule has 1 fully saturated rings. The molecule has 206 valence electrons. The first-order valence-electron chi connectivity index (χ1n) is 12.6. The van der Waals surface area contributed by atoms with Crippen molar-refractivity contribution in [3.8, 4) is 0 Å². The lowest BCUT2D eigenvalue weighted by Crippen LogP contribution is -2.48. The third kappa shape index (κ3) is 6.95. The number of rotatable bonds is 7. The summed E-state index contributed by atoms with van der Waals surface area (Å²) < 4.78 is 59.7. The number of carbonyl (C=O) groups is 1. The van der Waals surface area contributed by atoms with Gasteiger partial charge in [0.1, 0.15) is 12.0 Å². The Bertz CT molecular complexity index is 1170. The molecular weight excluding hydrogens is 526 g/mol. The van der Waals surface area contributed by atoms with Gasteiger partial charge in [0.05, 0.1) is 16.3 Å². The molecule has 0 aliphatic carbocycles. The van der Waals surface area contributed by atoms with E-state index in [1.165, 1.54) is 18.2 Å². The lowest BCUT2D eigenvalue weighted by Gasteiger charge is -2.26. The molecule has 0 spiro atoms. The number of alkyl halides is 3. The van der Waals surface area contributed by atoms with Gasteiger partial charge in [-0.15, -0.1) is 0 Å². The van der Waals surface area contributed by atoms with Crippen LogP contribution < -0.4 is 21.1 Å². The van der Waals surface area contributed by atoms with Crippen LogP contribution in [0.15, 0.2) is 41.4 Å². The number of halogens is 5. The first kappa shape index (κ1) is 28.1. The van der Waals surface area contributed by atoms with Crippen molar-refractivity contribution in [2.75, 3.05) is 24.8 Å². The SMILES string of the molecule is CCCCCN1NC(N=C(NC(=O)c2ccc(Cl)c(F)c2)NC2CCOCC2)c2ccc(C(F)(F)F)cc21. The average molecular weight is 556 g/mol. The number of guanidine groups is 1. The van der Waals surface area contributed by atoms with Gasteiger partial charge in [-0.25, -0.2) is 14.8 Å². The second-order valence-corrected chi connectivity index (χ2v) is 9.66. The van der Waals surface area contributed by atoms with Gasteiger partial charge in [-0.2, -0.15) is 13.2 Å². The molecule has 2 aromatic carbocycles. The maximum absolute atomic E-state index is 14.0. The van der Waals surface area contributed by atoms with Gasteiger partial charge in [0, 0.05) is 36.9 Å². The number of nitrogens with zero attached hydrogens (tertiary/aromatic N) is 2. The number of hydrazine groups is 1. The van der Waals surface area contributed by atoms with Gasteiger partial charge in [-0.3, -0.25) is 10.1 Å². The maximum Gasteiger partial charge on any atom is 0.416 e. The van der Waals surface area contributed by atoms with Gasteiger partial charge >= 0.3 is 6.18 Å². The first-order valence-corrected chi connectivity index (χ1v) is 13.0. The Morgan fingerprint density at radius 2 is 1.95 bits per heavy atom. The van der Waals surface area contributed by atoms with Crippen LogP contribution >= 0.6 is 11.6 Å². The molecule has 0 aromatic heterocycles. The number of hydrogen-bond donors (Lipinski definition) is 3. The number of anilines is 1. The molecule has 12 heteroatoms. The van der Waals surface area contributed by atoms with E-state index in [0.29, 0.717) is 43.9 Å². The van der Waals surface area contributed by atoms with E-state index in [2.05, 4.69) is 21.1 Å². The number of fused-ring (bicyclic) bond motifs is 1. The number of aliphatic imine (C=N–C) groups is 1. The molecule has 38 heavy (non-hydrogen) atoms. The first-order chi connectivity index (χ1) is 18.2. The second kappa shape index (κ2) is 12.3. The standard InChI is InChI=1S/C26H30ClF4N5O2/c1-2-3-4-11-36-22-15-17(26(29,30)31)6-7-19(22)23(35-36)33-25(32-18-9-12-38-13-10-18)34-24(37)16-5-8-20(27)21(28)14-16/h5-8,14-15,18,23,35H,2-4,9-13H2,1H3,(H2,32,33,34,37). The number of nitrogens with one attached hydrogen (secondary N) is 3. The van der Waals surface area contributed by atoms with Crippen molar-refractivity contribution < 1.29 is 27.1 Å². The number of unbranched alkanes of at least 4 members (excludes halogenated alkanes) is 2. The quantitative estimate of drug-likeness (QED) is 0.180. The fourth-order valence-electron chi connectivity index (χ4n) is 4.36. The van der Waals surface area contributed by atoms with Crippen molar-refractivity contribution in [1.82, 2.24) is 16.1 Å². The number of carbonyl (C=O) groups excluding carboxylic acids is 1. The number of benzene rings is 2. The minimum atomic E-state index is -4.48. The van der Waals surface area contributed by atoms with Crippen molar-refractivity contribution in [3.63, 3.8) is 0 Å². The second-order valence-electron chi connectivity index (χ2n) is 9.25. The van der Waals surface area contributed by atoms with Gasteiger partial charge < -0.3 is 15.1 Å². The summed E-state index contributed by atoms with van der Waals surface area (Å²) in [4.78, 5) is 17.6. The summed E-state index contributed by atoms with van der Waals surface area (Å²) in [5, 5.41) is 7.49. The summed E-state index contributed by atoms with van der Waals surface area (Å²) in [6.45, 7) is 3.62. The van der Waals surface area contributed by atoms with Crippen molar-refractivity contribution in [3.05, 3.63) is 63.9 Å². The molecule has 2 heterocycles. The monoisotopic (exact) mass is 555 g/mol. The van der Waals surface area contributed by atoms with Crippen LogP contribution in [0.4, 0.5) is 23.2 Å². The summed E-state index contributed by atoms with van der Waals surface area (Å²) in [7, 11) is 0. The molecule has 2 aliphatic heterocycles. The lowest BCUT2D eigenvalue weighted by atomic mass is 10.1. The van der Waals surface area contributed by atoms with Gasteiger partial charge in [0.15, 0.2) is 0 Å². The van der Waals surface area contributed by atoms with Crippen LogP contribution in [0.25, 0.3) is 0 Å². The van der Waals surface area contributed by atoms with Crippen molar-refractivity contribution >= 4 is 29.2 Å². The molecule has 7 nitrogen and oxygen atoms in total. The summed E-state index contributed by atoms with van der Waals surface area (Å²) >= 11 is 5.74. The Kier molecular flexibility index (Phi) is 9.11. The maximum atomic E-state index is 14.0. The number of amides is 1. The summed E-state index contributed by atoms with van der Waals surface area (Å²) in [5.74, 6) is -1.22. The number of hydrogen-bond acceptors (Lipinski definition) is 5. The van der Waals surface area contributed by atoms with E-state index in [1.54, 1.807) is 5.01 Å². The van der Waals surface area contributed by atoms with E-state index < -0.39 is 29.6 Å². The third-order valence-corrected chi connectivity index (χ3v) is 6.75. The van der Waals surface area contributed by atoms with E-state index >= 15 is 0 Å². The minimum absolute atomic E-state index is 0.0427. The van der Waals surface area contributed by atoms with Gasteiger partial charge in [0.2, 0.25) is 5.96 Å². The molecular formula is C26H30ClF4N5O2. The van der Waals surface area contributed by atoms with E-state index in [0.717, 1.165) is 37.5 Å². The van der Waals surface area contributed by atoms with Crippen LogP contribution in [0.5, 0.6) is 0 Å². The zero-order chi connectivity index (χ0) is 27.3. The highest BCUT2D eigenvalue weighted by molar-refractivity contribution is 6.30. The summed E-state index contributed by atoms with van der Waals surface area (Å²) in [5.41, 5.74) is 3.41. The highest BCUT2D eigenvalue weighted by Gasteiger charge is 2.35. The Hall–Kier alpha value is -2.89. The Labute approximate surface area is 223 Å². The normalized spacial score (nSPS) is 18.4. The predicted octanol–water partition coefficient (Wildman–Crippen LogP) is 5.57. The Balaban J connectivity index is 1.64. The van der Waals surface area contributed by atoms with Crippen LogP contribution in [-0.2, 0) is 10.9 Å². The Morgan fingerprint density at radius 3 is 2.63 bits per heavy atom. The highest BCUT2D eigenvalue weighted by atomic mass is 35.5. The smallest absolute Gasteiger partial charge is 0.381 e. The van der Waals surface area contributed by atoms with Crippen molar-refractivity contribution in [2.24, 2.45) is 4.99 Å². The van der Waals surface area contributed by atoms with Crippen molar-refractivity contribution in [1.29, 1.82) is 0 Å². The highest BCUT2D eigenvalue weighted by Crippen LogP contribution is 2.39. The van der Waals surface area contributed by atoms with E-state index in [-0.39, 0.29) is 22.6 Å². The molecule has 2 aliphatic rings.